The van der Waals surface area contributed by atoms with Crippen LogP contribution in [0, 0.1) is 5.92 Å². The van der Waals surface area contributed by atoms with E-state index < -0.39 is 0 Å². The highest BCUT2D eigenvalue weighted by atomic mass is 16.5. The minimum Gasteiger partial charge on any atom is -0.385 e. The van der Waals surface area contributed by atoms with Crippen molar-refractivity contribution in [1.82, 2.24) is 10.2 Å². The van der Waals surface area contributed by atoms with Crippen molar-refractivity contribution in [2.75, 3.05) is 33.4 Å². The number of methoxy groups -OCH3 is 1. The van der Waals surface area contributed by atoms with Gasteiger partial charge in [0.25, 0.3) is 0 Å². The SMILES string of the molecule is COCCCNCC(C)N(CCC(C)C)C1CCCC1. The van der Waals surface area contributed by atoms with Crippen LogP contribution in [0.25, 0.3) is 0 Å². The van der Waals surface area contributed by atoms with E-state index in [0.717, 1.165) is 38.1 Å². The molecule has 1 saturated carbocycles. The van der Waals surface area contributed by atoms with Gasteiger partial charge in [-0.1, -0.05) is 26.7 Å². The largest absolute Gasteiger partial charge is 0.385 e. The monoisotopic (exact) mass is 284 g/mol. The second kappa shape index (κ2) is 10.6. The van der Waals surface area contributed by atoms with Crippen LogP contribution in [0.5, 0.6) is 0 Å². The molecule has 1 aliphatic carbocycles. The first-order chi connectivity index (χ1) is 9.65. The second-order valence-electron chi connectivity index (χ2n) is 6.76. The van der Waals surface area contributed by atoms with Crippen LogP contribution in [-0.4, -0.2) is 50.3 Å². The minimum absolute atomic E-state index is 0.652. The maximum Gasteiger partial charge on any atom is 0.0474 e. The number of hydrogen-bond donors (Lipinski definition) is 1. The molecule has 0 bridgehead atoms. The van der Waals surface area contributed by atoms with Crippen LogP contribution in [0.4, 0.5) is 0 Å². The molecule has 1 rings (SSSR count). The highest BCUT2D eigenvalue weighted by Gasteiger charge is 2.25. The molecule has 1 atom stereocenters. The molecule has 20 heavy (non-hydrogen) atoms. The molecule has 0 aromatic heterocycles. The lowest BCUT2D eigenvalue weighted by atomic mass is 10.1. The van der Waals surface area contributed by atoms with Gasteiger partial charge in [-0.15, -0.1) is 0 Å². The zero-order chi connectivity index (χ0) is 14.8. The van der Waals surface area contributed by atoms with E-state index in [2.05, 4.69) is 31.0 Å². The Balaban J connectivity index is 2.32. The number of hydrogen-bond acceptors (Lipinski definition) is 3. The van der Waals surface area contributed by atoms with Crippen LogP contribution >= 0.6 is 0 Å². The van der Waals surface area contributed by atoms with Crippen molar-refractivity contribution in [3.63, 3.8) is 0 Å². The van der Waals surface area contributed by atoms with Gasteiger partial charge >= 0.3 is 0 Å². The van der Waals surface area contributed by atoms with E-state index in [0.29, 0.717) is 6.04 Å². The smallest absolute Gasteiger partial charge is 0.0474 e. The summed E-state index contributed by atoms with van der Waals surface area (Å²) in [5.74, 6) is 0.806. The Kier molecular flexibility index (Phi) is 9.49. The fraction of sp³-hybridized carbons (Fsp3) is 1.00. The molecular formula is C17H36N2O. The summed E-state index contributed by atoms with van der Waals surface area (Å²) in [5, 5.41) is 3.59. The lowest BCUT2D eigenvalue weighted by molar-refractivity contribution is 0.134. The number of nitrogens with zero attached hydrogens (tertiary/aromatic N) is 1. The average Bonchev–Trinajstić information content (AvgIpc) is 2.92. The van der Waals surface area contributed by atoms with Gasteiger partial charge in [0, 0.05) is 32.3 Å². The average molecular weight is 284 g/mol. The van der Waals surface area contributed by atoms with Crippen molar-refractivity contribution in [1.29, 1.82) is 0 Å². The summed E-state index contributed by atoms with van der Waals surface area (Å²) in [7, 11) is 1.77. The Hall–Kier alpha value is -0.120. The number of nitrogens with one attached hydrogen (secondary N) is 1. The van der Waals surface area contributed by atoms with Crippen molar-refractivity contribution in [3.05, 3.63) is 0 Å². The molecule has 0 saturated heterocycles. The summed E-state index contributed by atoms with van der Waals surface area (Å²) >= 11 is 0. The van der Waals surface area contributed by atoms with Gasteiger partial charge in [-0.2, -0.15) is 0 Å². The molecule has 3 heteroatoms. The van der Waals surface area contributed by atoms with Crippen LogP contribution in [0.1, 0.15) is 59.3 Å². The molecule has 0 aliphatic heterocycles. The maximum atomic E-state index is 5.09. The van der Waals surface area contributed by atoms with E-state index in [-0.39, 0.29) is 0 Å². The number of rotatable bonds is 11. The Bertz CT molecular complexity index is 227. The van der Waals surface area contributed by atoms with Gasteiger partial charge in [0.05, 0.1) is 0 Å². The predicted molar refractivity (Wildman–Crippen MR) is 87.2 cm³/mol. The van der Waals surface area contributed by atoms with Crippen molar-refractivity contribution in [2.45, 2.75) is 71.4 Å². The summed E-state index contributed by atoms with van der Waals surface area (Å²) < 4.78 is 5.09. The molecule has 1 fully saturated rings. The summed E-state index contributed by atoms with van der Waals surface area (Å²) in [6.45, 7) is 11.4. The zero-order valence-corrected chi connectivity index (χ0v) is 14.2. The van der Waals surface area contributed by atoms with Gasteiger partial charge in [-0.25, -0.2) is 0 Å². The Morgan fingerprint density at radius 1 is 1.20 bits per heavy atom. The zero-order valence-electron chi connectivity index (χ0n) is 14.2. The molecule has 0 amide bonds. The van der Waals surface area contributed by atoms with Crippen LogP contribution in [-0.2, 0) is 4.74 Å². The first-order valence-corrected chi connectivity index (χ1v) is 8.60. The second-order valence-corrected chi connectivity index (χ2v) is 6.76. The fourth-order valence-corrected chi connectivity index (χ4v) is 3.18. The Morgan fingerprint density at radius 2 is 1.90 bits per heavy atom. The van der Waals surface area contributed by atoms with Gasteiger partial charge < -0.3 is 10.1 Å². The quantitative estimate of drug-likeness (QED) is 0.589. The third kappa shape index (κ3) is 7.05. The highest BCUT2D eigenvalue weighted by molar-refractivity contribution is 4.82. The standard InChI is InChI=1S/C17H36N2O/c1-15(2)10-12-19(17-8-5-6-9-17)16(3)14-18-11-7-13-20-4/h15-18H,5-14H2,1-4H3. The molecule has 0 aromatic carbocycles. The summed E-state index contributed by atoms with van der Waals surface area (Å²) in [6.07, 6.45) is 8.11. The predicted octanol–water partition coefficient (Wildman–Crippen LogP) is 3.29. The normalized spacial score (nSPS) is 18.3. The van der Waals surface area contributed by atoms with Gasteiger partial charge in [0.2, 0.25) is 0 Å². The molecule has 1 unspecified atom stereocenters. The molecule has 0 aromatic rings. The van der Waals surface area contributed by atoms with Gasteiger partial charge in [-0.05, 0) is 51.6 Å². The first-order valence-electron chi connectivity index (χ1n) is 8.60. The fourth-order valence-electron chi connectivity index (χ4n) is 3.18. The lowest BCUT2D eigenvalue weighted by Gasteiger charge is -2.35. The molecule has 120 valence electrons. The molecule has 0 heterocycles. The Labute approximate surface area is 126 Å². The molecule has 0 radical (unpaired) electrons. The third-order valence-corrected chi connectivity index (χ3v) is 4.47. The van der Waals surface area contributed by atoms with Crippen LogP contribution in [0.3, 0.4) is 0 Å². The van der Waals surface area contributed by atoms with E-state index in [1.807, 2.05) is 0 Å². The van der Waals surface area contributed by atoms with Crippen LogP contribution in [0.15, 0.2) is 0 Å². The van der Waals surface area contributed by atoms with E-state index in [9.17, 15) is 0 Å². The highest BCUT2D eigenvalue weighted by Crippen LogP contribution is 2.25. The van der Waals surface area contributed by atoms with Gasteiger partial charge in [0.1, 0.15) is 0 Å². The lowest BCUT2D eigenvalue weighted by Crippen LogP contribution is -2.46. The van der Waals surface area contributed by atoms with Gasteiger partial charge in [0.15, 0.2) is 0 Å². The summed E-state index contributed by atoms with van der Waals surface area (Å²) in [5.41, 5.74) is 0. The summed E-state index contributed by atoms with van der Waals surface area (Å²) in [4.78, 5) is 2.77. The van der Waals surface area contributed by atoms with E-state index in [1.165, 1.54) is 38.6 Å². The minimum atomic E-state index is 0.652. The van der Waals surface area contributed by atoms with E-state index in [4.69, 9.17) is 4.74 Å². The maximum absolute atomic E-state index is 5.09. The molecular weight excluding hydrogens is 248 g/mol. The van der Waals surface area contributed by atoms with E-state index >= 15 is 0 Å². The molecule has 0 spiro atoms. The summed E-state index contributed by atoms with van der Waals surface area (Å²) in [6, 6.07) is 1.49. The number of ether oxygens (including phenoxy) is 1. The van der Waals surface area contributed by atoms with E-state index in [1.54, 1.807) is 7.11 Å². The van der Waals surface area contributed by atoms with Crippen molar-refractivity contribution >= 4 is 0 Å². The topological polar surface area (TPSA) is 24.5 Å². The molecule has 1 N–H and O–H groups in total. The van der Waals surface area contributed by atoms with Crippen LogP contribution in [0.2, 0.25) is 0 Å². The molecule has 1 aliphatic rings. The van der Waals surface area contributed by atoms with Gasteiger partial charge in [-0.3, -0.25) is 4.90 Å². The van der Waals surface area contributed by atoms with Crippen LogP contribution < -0.4 is 5.32 Å². The third-order valence-electron chi connectivity index (χ3n) is 4.47. The van der Waals surface area contributed by atoms with Crippen molar-refractivity contribution < 1.29 is 4.74 Å². The first kappa shape index (κ1) is 17.9. The Morgan fingerprint density at radius 3 is 2.50 bits per heavy atom. The molecule has 3 nitrogen and oxygen atoms in total. The van der Waals surface area contributed by atoms with Crippen molar-refractivity contribution in [3.8, 4) is 0 Å². The van der Waals surface area contributed by atoms with Crippen molar-refractivity contribution in [2.24, 2.45) is 5.92 Å².